The number of likely N-dealkylation sites (N-methyl/N-ethyl adjacent to an activating group) is 1. The summed E-state index contributed by atoms with van der Waals surface area (Å²) in [4.78, 5) is 21.6. The van der Waals surface area contributed by atoms with Crippen molar-refractivity contribution in [2.45, 2.75) is 11.3 Å². The quantitative estimate of drug-likeness (QED) is 0.550. The number of carbonyl (C=O) groups is 1. The number of amides is 1. The molecular formula is C20H22ClN3O3S2. The lowest BCUT2D eigenvalue weighted by atomic mass is 10.1. The minimum atomic E-state index is -3.31. The van der Waals surface area contributed by atoms with Gasteiger partial charge in [-0.05, 0) is 43.9 Å². The van der Waals surface area contributed by atoms with Crippen LogP contribution < -0.4 is 4.90 Å². The van der Waals surface area contributed by atoms with Gasteiger partial charge in [0.05, 0.1) is 21.5 Å². The van der Waals surface area contributed by atoms with Crippen molar-refractivity contribution >= 4 is 54.0 Å². The summed E-state index contributed by atoms with van der Waals surface area (Å²) >= 11 is 7.53. The largest absolute Gasteiger partial charge is 0.308 e. The summed E-state index contributed by atoms with van der Waals surface area (Å²) in [7, 11) is 0.564. The number of hydrogen-bond donors (Lipinski definition) is 0. The molecule has 0 atom stereocenters. The van der Waals surface area contributed by atoms with Gasteiger partial charge in [-0.1, -0.05) is 41.1 Å². The van der Waals surface area contributed by atoms with Gasteiger partial charge in [-0.15, -0.1) is 0 Å². The molecule has 154 valence electrons. The molecule has 6 nitrogen and oxygen atoms in total. The maximum Gasteiger partial charge on any atom is 0.233 e. The Kier molecular flexibility index (Phi) is 6.58. The number of carbonyl (C=O) groups excluding carboxylic acids is 1. The fourth-order valence-corrected chi connectivity index (χ4v) is 4.74. The maximum atomic E-state index is 13.1. The van der Waals surface area contributed by atoms with Crippen molar-refractivity contribution in [1.82, 2.24) is 9.88 Å². The minimum Gasteiger partial charge on any atom is -0.308 e. The Morgan fingerprint density at radius 2 is 1.86 bits per heavy atom. The molecule has 0 N–H and O–H groups in total. The van der Waals surface area contributed by atoms with E-state index in [2.05, 4.69) is 4.98 Å². The highest BCUT2D eigenvalue weighted by Gasteiger charge is 2.21. The molecule has 0 fully saturated rings. The molecule has 0 saturated carbocycles. The van der Waals surface area contributed by atoms with Crippen LogP contribution in [0.2, 0.25) is 5.02 Å². The number of anilines is 1. The number of fused-ring (bicyclic) bond motifs is 1. The molecule has 0 radical (unpaired) electrons. The first kappa shape index (κ1) is 21.7. The molecule has 0 aliphatic heterocycles. The third kappa shape index (κ3) is 5.33. The molecule has 0 aliphatic carbocycles. The van der Waals surface area contributed by atoms with Crippen LogP contribution in [0.1, 0.15) is 5.56 Å². The fourth-order valence-electron chi connectivity index (χ4n) is 2.77. The second-order valence-electron chi connectivity index (χ2n) is 7.01. The zero-order valence-electron chi connectivity index (χ0n) is 16.4. The van der Waals surface area contributed by atoms with Gasteiger partial charge in [0.2, 0.25) is 5.91 Å². The summed E-state index contributed by atoms with van der Waals surface area (Å²) in [5.41, 5.74) is 1.42. The average Bonchev–Trinajstić information content (AvgIpc) is 3.05. The number of thiazole rings is 1. The first-order valence-corrected chi connectivity index (χ1v) is 12.0. The number of rotatable bonds is 7. The van der Waals surface area contributed by atoms with Crippen LogP contribution in [-0.4, -0.2) is 57.6 Å². The summed E-state index contributed by atoms with van der Waals surface area (Å²) in [6.45, 7) is 1.13. The number of nitrogens with zero attached hydrogens (tertiary/aromatic N) is 3. The molecule has 3 rings (SSSR count). The molecule has 0 bridgehead atoms. The number of hydrogen-bond acceptors (Lipinski definition) is 6. The Balaban J connectivity index is 1.95. The third-order valence-electron chi connectivity index (χ3n) is 4.38. The fraction of sp³-hybridized carbons (Fsp3) is 0.300. The van der Waals surface area contributed by atoms with Crippen molar-refractivity contribution in [3.63, 3.8) is 0 Å². The molecule has 0 unspecified atom stereocenters. The van der Waals surface area contributed by atoms with Crippen molar-refractivity contribution in [2.24, 2.45) is 0 Å². The molecule has 3 aromatic rings. The Morgan fingerprint density at radius 1 is 1.14 bits per heavy atom. The van der Waals surface area contributed by atoms with Crippen LogP contribution in [0.5, 0.6) is 0 Å². The molecule has 0 spiro atoms. The van der Waals surface area contributed by atoms with Gasteiger partial charge in [-0.25, -0.2) is 13.4 Å². The number of aromatic nitrogens is 1. The molecule has 0 aliphatic rings. The standard InChI is InChI=1S/C20H22ClN3O3S2/c1-23(2)10-11-24(19(25)12-14-6-4-5-7-16(14)21)20-22-17-9-8-15(29(3,26)27)13-18(17)28-20/h4-9,13H,10-12H2,1-3H3. The van der Waals surface area contributed by atoms with Crippen LogP contribution in [0, 0.1) is 0 Å². The van der Waals surface area contributed by atoms with Gasteiger partial charge < -0.3 is 4.90 Å². The molecule has 9 heteroatoms. The van der Waals surface area contributed by atoms with E-state index in [1.807, 2.05) is 37.2 Å². The van der Waals surface area contributed by atoms with Gasteiger partial charge in [0.25, 0.3) is 0 Å². The minimum absolute atomic E-state index is 0.109. The number of sulfone groups is 1. The van der Waals surface area contributed by atoms with Crippen LogP contribution in [-0.2, 0) is 21.1 Å². The van der Waals surface area contributed by atoms with Crippen molar-refractivity contribution in [3.8, 4) is 0 Å². The smallest absolute Gasteiger partial charge is 0.233 e. The monoisotopic (exact) mass is 451 g/mol. The van der Waals surface area contributed by atoms with Crippen LogP contribution in [0.4, 0.5) is 5.13 Å². The molecule has 0 saturated heterocycles. The van der Waals surface area contributed by atoms with Crippen molar-refractivity contribution in [2.75, 3.05) is 38.3 Å². The molecule has 1 amide bonds. The zero-order valence-corrected chi connectivity index (χ0v) is 18.8. The SMILES string of the molecule is CN(C)CCN(C(=O)Cc1ccccc1Cl)c1nc2ccc(S(C)(=O)=O)cc2s1. The highest BCUT2D eigenvalue weighted by Crippen LogP contribution is 2.31. The number of halogens is 1. The van der Waals surface area contributed by atoms with E-state index in [1.54, 1.807) is 23.1 Å². The summed E-state index contributed by atoms with van der Waals surface area (Å²) in [5, 5.41) is 1.10. The second kappa shape index (κ2) is 8.79. The first-order valence-electron chi connectivity index (χ1n) is 8.94. The van der Waals surface area contributed by atoms with Crippen LogP contribution in [0.3, 0.4) is 0 Å². The highest BCUT2D eigenvalue weighted by atomic mass is 35.5. The van der Waals surface area contributed by atoms with Crippen LogP contribution in [0.15, 0.2) is 47.4 Å². The van der Waals surface area contributed by atoms with Gasteiger partial charge in [0, 0.05) is 24.4 Å². The summed E-state index contributed by atoms with van der Waals surface area (Å²) < 4.78 is 24.4. The Hall–Kier alpha value is -2.00. The number of benzene rings is 2. The lowest BCUT2D eigenvalue weighted by molar-refractivity contribution is -0.118. The molecule has 2 aromatic carbocycles. The Bertz CT molecular complexity index is 1140. The van der Waals surface area contributed by atoms with Crippen molar-refractivity contribution < 1.29 is 13.2 Å². The van der Waals surface area contributed by atoms with E-state index in [0.29, 0.717) is 28.8 Å². The van der Waals surface area contributed by atoms with E-state index in [9.17, 15) is 13.2 Å². The maximum absolute atomic E-state index is 13.1. The first-order chi connectivity index (χ1) is 13.6. The normalized spacial score (nSPS) is 11.9. The Morgan fingerprint density at radius 3 is 2.52 bits per heavy atom. The van der Waals surface area contributed by atoms with Crippen LogP contribution in [0.25, 0.3) is 10.2 Å². The molecular weight excluding hydrogens is 430 g/mol. The van der Waals surface area contributed by atoms with E-state index in [0.717, 1.165) is 10.3 Å². The highest BCUT2D eigenvalue weighted by molar-refractivity contribution is 7.90. The van der Waals surface area contributed by atoms with Gasteiger partial charge in [-0.2, -0.15) is 0 Å². The van der Waals surface area contributed by atoms with E-state index in [1.165, 1.54) is 23.7 Å². The Labute approximate surface area is 179 Å². The van der Waals surface area contributed by atoms with Gasteiger partial charge in [-0.3, -0.25) is 9.69 Å². The summed E-state index contributed by atoms with van der Waals surface area (Å²) in [5.74, 6) is -0.109. The van der Waals surface area contributed by atoms with Gasteiger partial charge in [0.1, 0.15) is 0 Å². The van der Waals surface area contributed by atoms with E-state index in [-0.39, 0.29) is 17.2 Å². The topological polar surface area (TPSA) is 70.6 Å². The van der Waals surface area contributed by atoms with Crippen LogP contribution >= 0.6 is 22.9 Å². The lowest BCUT2D eigenvalue weighted by Gasteiger charge is -2.22. The zero-order chi connectivity index (χ0) is 21.2. The predicted molar refractivity (Wildman–Crippen MR) is 119 cm³/mol. The van der Waals surface area contributed by atoms with Gasteiger partial charge in [0.15, 0.2) is 15.0 Å². The summed E-state index contributed by atoms with van der Waals surface area (Å²) in [6.07, 6.45) is 1.34. The molecule has 29 heavy (non-hydrogen) atoms. The van der Waals surface area contributed by atoms with Crippen molar-refractivity contribution in [3.05, 3.63) is 53.1 Å². The molecule has 1 heterocycles. The van der Waals surface area contributed by atoms with Crippen molar-refractivity contribution in [1.29, 1.82) is 0 Å². The average molecular weight is 452 g/mol. The van der Waals surface area contributed by atoms with Gasteiger partial charge >= 0.3 is 0 Å². The van der Waals surface area contributed by atoms with E-state index < -0.39 is 9.84 Å². The molecule has 1 aromatic heterocycles. The second-order valence-corrected chi connectivity index (χ2v) is 10.4. The lowest BCUT2D eigenvalue weighted by Crippen LogP contribution is -2.37. The van der Waals surface area contributed by atoms with E-state index in [4.69, 9.17) is 11.6 Å². The summed E-state index contributed by atoms with van der Waals surface area (Å²) in [6, 6.07) is 12.1. The predicted octanol–water partition coefficient (Wildman–Crippen LogP) is 3.49. The third-order valence-corrected chi connectivity index (χ3v) is 6.90. The van der Waals surface area contributed by atoms with E-state index >= 15 is 0 Å².